The molecule has 1 aliphatic rings. The Morgan fingerprint density at radius 2 is 2.12 bits per heavy atom. The fourth-order valence-corrected chi connectivity index (χ4v) is 2.26. The number of carboxylic acid groups (broad SMARTS) is 1. The van der Waals surface area contributed by atoms with Gasteiger partial charge >= 0.3 is 5.97 Å². The van der Waals surface area contributed by atoms with Gasteiger partial charge in [0, 0.05) is 6.54 Å². The molecule has 0 unspecified atom stereocenters. The summed E-state index contributed by atoms with van der Waals surface area (Å²) in [5, 5.41) is 11.6. The van der Waals surface area contributed by atoms with Gasteiger partial charge in [0.2, 0.25) is 5.91 Å². The first-order chi connectivity index (χ1) is 7.99. The molecule has 98 valence electrons. The number of aliphatic carboxylic acids is 1. The third-order valence-corrected chi connectivity index (χ3v) is 3.51. The third kappa shape index (κ3) is 4.00. The van der Waals surface area contributed by atoms with Crippen LogP contribution in [0.15, 0.2) is 0 Å². The molecular weight excluding hydrogens is 220 g/mol. The molecule has 1 fully saturated rings. The van der Waals surface area contributed by atoms with E-state index in [1.165, 1.54) is 0 Å². The van der Waals surface area contributed by atoms with E-state index < -0.39 is 12.0 Å². The molecule has 1 aliphatic carbocycles. The zero-order valence-electron chi connectivity index (χ0n) is 10.4. The van der Waals surface area contributed by atoms with E-state index in [1.54, 1.807) is 0 Å². The van der Waals surface area contributed by atoms with Crippen LogP contribution >= 0.6 is 0 Å². The van der Waals surface area contributed by atoms with Gasteiger partial charge in [-0.05, 0) is 24.7 Å². The molecule has 0 aromatic carbocycles. The van der Waals surface area contributed by atoms with Crippen molar-refractivity contribution in [3.05, 3.63) is 0 Å². The van der Waals surface area contributed by atoms with Gasteiger partial charge in [-0.2, -0.15) is 0 Å². The predicted octanol–water partition coefficient (Wildman–Crippen LogP) is 0.875. The van der Waals surface area contributed by atoms with Crippen LogP contribution in [0.3, 0.4) is 0 Å². The Bertz CT molecular complexity index is 287. The summed E-state index contributed by atoms with van der Waals surface area (Å²) in [6.45, 7) is 2.42. The largest absolute Gasteiger partial charge is 0.481 e. The second kappa shape index (κ2) is 6.00. The zero-order valence-corrected chi connectivity index (χ0v) is 10.4. The molecule has 0 heterocycles. The Morgan fingerprint density at radius 3 is 2.53 bits per heavy atom. The highest BCUT2D eigenvalue weighted by atomic mass is 16.4. The van der Waals surface area contributed by atoms with Crippen molar-refractivity contribution in [2.75, 3.05) is 6.54 Å². The van der Waals surface area contributed by atoms with Crippen LogP contribution < -0.4 is 11.1 Å². The Labute approximate surface area is 102 Å². The van der Waals surface area contributed by atoms with Crippen LogP contribution in [0, 0.1) is 5.41 Å². The summed E-state index contributed by atoms with van der Waals surface area (Å²) in [5.41, 5.74) is 5.46. The normalized spacial score (nSPS) is 19.2. The fraction of sp³-hybridized carbons (Fsp3) is 0.833. The van der Waals surface area contributed by atoms with E-state index in [1.807, 2.05) is 6.92 Å². The highest BCUT2D eigenvalue weighted by Crippen LogP contribution is 2.43. The van der Waals surface area contributed by atoms with Gasteiger partial charge in [-0.3, -0.25) is 9.59 Å². The van der Waals surface area contributed by atoms with E-state index in [9.17, 15) is 9.59 Å². The third-order valence-electron chi connectivity index (χ3n) is 3.51. The molecule has 0 aliphatic heterocycles. The topological polar surface area (TPSA) is 92.4 Å². The van der Waals surface area contributed by atoms with Crippen molar-refractivity contribution >= 4 is 11.9 Å². The molecule has 0 spiro atoms. The molecule has 0 radical (unpaired) electrons. The molecule has 5 heteroatoms. The average Bonchev–Trinajstić information content (AvgIpc) is 2.21. The van der Waals surface area contributed by atoms with E-state index in [2.05, 4.69) is 5.32 Å². The van der Waals surface area contributed by atoms with Crippen LogP contribution in [0.4, 0.5) is 0 Å². The summed E-state index contributed by atoms with van der Waals surface area (Å²) in [6, 6.07) is -0.470. The summed E-state index contributed by atoms with van der Waals surface area (Å²) in [7, 11) is 0. The lowest BCUT2D eigenvalue weighted by Gasteiger charge is -2.41. The lowest BCUT2D eigenvalue weighted by Crippen LogP contribution is -2.48. The van der Waals surface area contributed by atoms with E-state index in [-0.39, 0.29) is 17.7 Å². The smallest absolute Gasteiger partial charge is 0.303 e. The standard InChI is InChI=1S/C12H22N2O3/c1-2-4-9(13)11(17)14-8-12(5-3-6-12)7-10(15)16/h9H,2-8,13H2,1H3,(H,14,17)(H,15,16)/t9-/m0/s1. The van der Waals surface area contributed by atoms with Gasteiger partial charge in [0.15, 0.2) is 0 Å². The van der Waals surface area contributed by atoms with Gasteiger partial charge in [-0.15, -0.1) is 0 Å². The van der Waals surface area contributed by atoms with Crippen LogP contribution in [0.1, 0.15) is 45.4 Å². The predicted molar refractivity (Wildman–Crippen MR) is 64.4 cm³/mol. The number of hydrogen-bond acceptors (Lipinski definition) is 3. The number of rotatable bonds is 7. The molecule has 0 aromatic heterocycles. The first kappa shape index (κ1) is 14.0. The number of carboxylic acids is 1. The van der Waals surface area contributed by atoms with Crippen molar-refractivity contribution in [3.63, 3.8) is 0 Å². The Kier molecular flexibility index (Phi) is 4.93. The molecule has 0 bridgehead atoms. The molecule has 1 saturated carbocycles. The molecular formula is C12H22N2O3. The summed E-state index contributed by atoms with van der Waals surface area (Å²) in [4.78, 5) is 22.4. The molecule has 5 nitrogen and oxygen atoms in total. The minimum Gasteiger partial charge on any atom is -0.481 e. The van der Waals surface area contributed by atoms with Crippen LogP contribution in [0.5, 0.6) is 0 Å². The van der Waals surface area contributed by atoms with Crippen molar-refractivity contribution in [2.24, 2.45) is 11.1 Å². The Morgan fingerprint density at radius 1 is 1.47 bits per heavy atom. The van der Waals surface area contributed by atoms with Gasteiger partial charge in [-0.25, -0.2) is 0 Å². The number of carbonyl (C=O) groups is 2. The maximum Gasteiger partial charge on any atom is 0.303 e. The first-order valence-corrected chi connectivity index (χ1v) is 6.24. The Balaban J connectivity index is 2.37. The van der Waals surface area contributed by atoms with E-state index in [0.717, 1.165) is 25.7 Å². The number of nitrogens with one attached hydrogen (secondary N) is 1. The van der Waals surface area contributed by atoms with Crippen molar-refractivity contribution in [1.29, 1.82) is 0 Å². The number of amides is 1. The van der Waals surface area contributed by atoms with E-state index in [4.69, 9.17) is 10.8 Å². The zero-order chi connectivity index (χ0) is 12.9. The van der Waals surface area contributed by atoms with Crippen molar-refractivity contribution < 1.29 is 14.7 Å². The number of hydrogen-bond donors (Lipinski definition) is 3. The lowest BCUT2D eigenvalue weighted by molar-refractivity contribution is -0.142. The SMILES string of the molecule is CCC[C@H](N)C(=O)NCC1(CC(=O)O)CCC1. The molecule has 1 atom stereocenters. The first-order valence-electron chi connectivity index (χ1n) is 6.24. The minimum absolute atomic E-state index is 0.135. The quantitative estimate of drug-likeness (QED) is 0.617. The maximum atomic E-state index is 11.6. The Hall–Kier alpha value is -1.10. The lowest BCUT2D eigenvalue weighted by atomic mass is 9.66. The summed E-state index contributed by atoms with van der Waals surface area (Å²) in [5.74, 6) is -0.958. The maximum absolute atomic E-state index is 11.6. The highest BCUT2D eigenvalue weighted by Gasteiger charge is 2.39. The van der Waals surface area contributed by atoms with Gasteiger partial charge in [0.1, 0.15) is 0 Å². The van der Waals surface area contributed by atoms with E-state index in [0.29, 0.717) is 13.0 Å². The minimum atomic E-state index is -0.795. The molecule has 0 aromatic rings. The second-order valence-electron chi connectivity index (χ2n) is 5.04. The fourth-order valence-electron chi connectivity index (χ4n) is 2.26. The van der Waals surface area contributed by atoms with Crippen molar-refractivity contribution in [1.82, 2.24) is 5.32 Å². The van der Waals surface area contributed by atoms with Gasteiger partial charge < -0.3 is 16.2 Å². The number of nitrogens with two attached hydrogens (primary N) is 1. The highest BCUT2D eigenvalue weighted by molar-refractivity contribution is 5.81. The average molecular weight is 242 g/mol. The van der Waals surface area contributed by atoms with Crippen molar-refractivity contribution in [2.45, 2.75) is 51.5 Å². The van der Waals surface area contributed by atoms with Gasteiger partial charge in [0.05, 0.1) is 12.5 Å². The molecule has 0 saturated heterocycles. The monoisotopic (exact) mass is 242 g/mol. The van der Waals surface area contributed by atoms with Gasteiger partial charge in [0.25, 0.3) is 0 Å². The van der Waals surface area contributed by atoms with Crippen molar-refractivity contribution in [3.8, 4) is 0 Å². The molecule has 4 N–H and O–H groups in total. The van der Waals surface area contributed by atoms with Crippen LogP contribution in [-0.2, 0) is 9.59 Å². The number of carbonyl (C=O) groups excluding carboxylic acids is 1. The molecule has 1 amide bonds. The summed E-state index contributed by atoms with van der Waals surface area (Å²) >= 11 is 0. The molecule has 17 heavy (non-hydrogen) atoms. The van der Waals surface area contributed by atoms with Crippen LogP contribution in [0.2, 0.25) is 0 Å². The van der Waals surface area contributed by atoms with E-state index >= 15 is 0 Å². The van der Waals surface area contributed by atoms with Crippen LogP contribution in [-0.4, -0.2) is 29.6 Å². The molecule has 1 rings (SSSR count). The van der Waals surface area contributed by atoms with Crippen LogP contribution in [0.25, 0.3) is 0 Å². The van der Waals surface area contributed by atoms with Gasteiger partial charge in [-0.1, -0.05) is 19.8 Å². The summed E-state index contributed by atoms with van der Waals surface area (Å²) in [6.07, 6.45) is 4.47. The summed E-state index contributed by atoms with van der Waals surface area (Å²) < 4.78 is 0. The second-order valence-corrected chi connectivity index (χ2v) is 5.04.